The molecule has 0 bridgehead atoms. The number of para-hydroxylation sites is 1. The fourth-order valence-electron chi connectivity index (χ4n) is 4.09. The number of hydrogen-bond donors (Lipinski definition) is 0. The first-order valence-corrected chi connectivity index (χ1v) is 11.3. The molecule has 0 amide bonds. The summed E-state index contributed by atoms with van der Waals surface area (Å²) in [6.07, 6.45) is 3.36. The van der Waals surface area contributed by atoms with E-state index in [0.717, 1.165) is 5.56 Å². The summed E-state index contributed by atoms with van der Waals surface area (Å²) < 4.78 is 38.8. The molecule has 1 aliphatic rings. The first-order chi connectivity index (χ1) is 18.0. The Hall–Kier alpha value is -4.59. The van der Waals surface area contributed by atoms with Crippen molar-refractivity contribution in [1.82, 2.24) is 0 Å². The minimum atomic E-state index is -0.244. The molecule has 1 heterocycles. The van der Waals surface area contributed by atoms with Crippen molar-refractivity contribution in [3.63, 3.8) is 0 Å². The van der Waals surface area contributed by atoms with E-state index >= 15 is 0 Å². The third-order valence-electron chi connectivity index (χ3n) is 5.89. The van der Waals surface area contributed by atoms with Crippen LogP contribution in [0.25, 0.3) is 11.3 Å². The lowest BCUT2D eigenvalue weighted by molar-refractivity contribution is 0.104. The first-order valence-electron chi connectivity index (χ1n) is 11.3. The van der Waals surface area contributed by atoms with Crippen LogP contribution in [0.4, 0.5) is 0 Å². The molecule has 0 spiro atoms. The molecule has 192 valence electrons. The number of ether oxygens (including phenoxy) is 7. The molecular weight excluding hydrogens is 476 g/mol. The van der Waals surface area contributed by atoms with Crippen molar-refractivity contribution < 1.29 is 38.0 Å². The second-order valence-corrected chi connectivity index (χ2v) is 7.90. The van der Waals surface area contributed by atoms with Crippen molar-refractivity contribution in [3.05, 3.63) is 77.4 Å². The number of ketones is 1. The zero-order valence-corrected chi connectivity index (χ0v) is 21.5. The van der Waals surface area contributed by atoms with Gasteiger partial charge in [0.05, 0.1) is 42.7 Å². The molecule has 0 aliphatic carbocycles. The molecule has 4 rings (SSSR count). The van der Waals surface area contributed by atoms with E-state index in [1.165, 1.54) is 21.3 Å². The van der Waals surface area contributed by atoms with Crippen LogP contribution in [0.2, 0.25) is 0 Å². The summed E-state index contributed by atoms with van der Waals surface area (Å²) in [6, 6.07) is 14.3. The van der Waals surface area contributed by atoms with Crippen LogP contribution in [0.15, 0.2) is 60.7 Å². The van der Waals surface area contributed by atoms with Crippen molar-refractivity contribution in [2.45, 2.75) is 0 Å². The summed E-state index contributed by atoms with van der Waals surface area (Å²) in [5.74, 6) is 3.52. The highest BCUT2D eigenvalue weighted by molar-refractivity contribution is 6.11. The van der Waals surface area contributed by atoms with Gasteiger partial charge in [0, 0.05) is 16.7 Å². The van der Waals surface area contributed by atoms with Gasteiger partial charge in [0.25, 0.3) is 0 Å². The normalized spacial score (nSPS) is 13.1. The number of hydrogen-bond acceptors (Lipinski definition) is 8. The number of methoxy groups -OCH3 is 6. The molecule has 0 saturated heterocycles. The Morgan fingerprint density at radius 2 is 1.22 bits per heavy atom. The summed E-state index contributed by atoms with van der Waals surface area (Å²) in [7, 11) is 9.17. The van der Waals surface area contributed by atoms with Gasteiger partial charge < -0.3 is 33.2 Å². The monoisotopic (exact) mass is 504 g/mol. The van der Waals surface area contributed by atoms with Crippen LogP contribution >= 0.6 is 0 Å². The van der Waals surface area contributed by atoms with E-state index in [1.807, 2.05) is 24.3 Å². The maximum atomic E-state index is 13.4. The average Bonchev–Trinajstić information content (AvgIpc) is 2.95. The number of fused-ring (bicyclic) bond motifs is 1. The maximum absolute atomic E-state index is 13.4. The molecule has 0 atom stereocenters. The van der Waals surface area contributed by atoms with Crippen LogP contribution in [0.5, 0.6) is 40.2 Å². The summed E-state index contributed by atoms with van der Waals surface area (Å²) in [4.78, 5) is 13.4. The van der Waals surface area contributed by atoms with E-state index in [1.54, 1.807) is 57.7 Å². The molecule has 8 nitrogen and oxygen atoms in total. The smallest absolute Gasteiger partial charge is 0.203 e. The first kappa shape index (κ1) is 25.5. The predicted octanol–water partition coefficient (Wildman–Crippen LogP) is 5.44. The van der Waals surface area contributed by atoms with E-state index < -0.39 is 0 Å². The van der Waals surface area contributed by atoms with E-state index in [4.69, 9.17) is 33.2 Å². The lowest BCUT2D eigenvalue weighted by Gasteiger charge is -2.22. The molecule has 37 heavy (non-hydrogen) atoms. The predicted molar refractivity (Wildman–Crippen MR) is 140 cm³/mol. The van der Waals surface area contributed by atoms with Crippen LogP contribution in [-0.4, -0.2) is 48.4 Å². The van der Waals surface area contributed by atoms with Crippen molar-refractivity contribution in [1.29, 1.82) is 0 Å². The molecule has 3 aromatic rings. The van der Waals surface area contributed by atoms with Gasteiger partial charge >= 0.3 is 0 Å². The minimum Gasteiger partial charge on any atom is -0.493 e. The van der Waals surface area contributed by atoms with Crippen LogP contribution in [-0.2, 0) is 0 Å². The van der Waals surface area contributed by atoms with Crippen LogP contribution in [0.3, 0.4) is 0 Å². The maximum Gasteiger partial charge on any atom is 0.203 e. The van der Waals surface area contributed by atoms with E-state index in [-0.39, 0.29) is 5.78 Å². The number of benzene rings is 3. The molecule has 0 unspecified atom stereocenters. The van der Waals surface area contributed by atoms with Gasteiger partial charge in [-0.1, -0.05) is 18.2 Å². The molecule has 0 radical (unpaired) electrons. The quantitative estimate of drug-likeness (QED) is 0.282. The summed E-state index contributed by atoms with van der Waals surface area (Å²) >= 11 is 0. The number of carbonyl (C=O) groups is 1. The Kier molecular flexibility index (Phi) is 7.57. The van der Waals surface area contributed by atoms with Gasteiger partial charge in [-0.15, -0.1) is 0 Å². The SMILES string of the molecule is COc1cc(C(=O)/C=C2\C=C(c3cc(OC)c(OC)c(OC)c3)Oc3ccccc32)cc(OC)c1OC. The van der Waals surface area contributed by atoms with Crippen LogP contribution < -0.4 is 33.2 Å². The zero-order valence-electron chi connectivity index (χ0n) is 21.5. The second kappa shape index (κ2) is 11.0. The topological polar surface area (TPSA) is 81.7 Å². The molecular formula is C29H28O8. The van der Waals surface area contributed by atoms with Gasteiger partial charge in [-0.25, -0.2) is 0 Å². The molecule has 0 saturated carbocycles. The zero-order chi connectivity index (χ0) is 26.5. The number of rotatable bonds is 9. The Labute approximate surface area is 215 Å². The van der Waals surface area contributed by atoms with E-state index in [0.29, 0.717) is 62.7 Å². The van der Waals surface area contributed by atoms with E-state index in [9.17, 15) is 4.79 Å². The van der Waals surface area contributed by atoms with Crippen molar-refractivity contribution in [2.24, 2.45) is 0 Å². The van der Waals surface area contributed by atoms with Crippen molar-refractivity contribution in [3.8, 4) is 40.2 Å². The van der Waals surface area contributed by atoms with Gasteiger partial charge in [-0.2, -0.15) is 0 Å². The molecule has 3 aromatic carbocycles. The van der Waals surface area contributed by atoms with Gasteiger partial charge in [0.1, 0.15) is 11.5 Å². The Morgan fingerprint density at radius 1 is 0.703 bits per heavy atom. The Morgan fingerprint density at radius 3 is 1.73 bits per heavy atom. The third-order valence-corrected chi connectivity index (χ3v) is 5.89. The van der Waals surface area contributed by atoms with Gasteiger partial charge in [0.15, 0.2) is 28.8 Å². The standard InChI is InChI=1S/C29H28O8/c1-31-24-13-18(14-25(32-2)28(24)35-5)21(30)11-17-12-23(37-22-10-8-7-9-20(17)22)19-15-26(33-3)29(36-6)27(16-19)34-4/h7-16H,1-6H3/b17-11+. The molecule has 0 aromatic heterocycles. The van der Waals surface area contributed by atoms with Gasteiger partial charge in [0.2, 0.25) is 11.5 Å². The number of allylic oxidation sites excluding steroid dienone is 3. The van der Waals surface area contributed by atoms with Crippen molar-refractivity contribution in [2.75, 3.05) is 42.7 Å². The van der Waals surface area contributed by atoms with Crippen LogP contribution in [0, 0.1) is 0 Å². The highest BCUT2D eigenvalue weighted by atomic mass is 16.5. The molecule has 0 fully saturated rings. The lowest BCUT2D eigenvalue weighted by Crippen LogP contribution is -2.06. The largest absolute Gasteiger partial charge is 0.493 e. The summed E-state index contributed by atoms with van der Waals surface area (Å²) in [6.45, 7) is 0. The highest BCUT2D eigenvalue weighted by Crippen LogP contribution is 2.43. The third kappa shape index (κ3) is 4.91. The Balaban J connectivity index is 1.83. The fraction of sp³-hybridized carbons (Fsp3) is 0.207. The average molecular weight is 505 g/mol. The van der Waals surface area contributed by atoms with Gasteiger partial charge in [-0.05, 0) is 48.1 Å². The molecule has 8 heteroatoms. The molecule has 1 aliphatic heterocycles. The second-order valence-electron chi connectivity index (χ2n) is 7.90. The summed E-state index contributed by atoms with van der Waals surface area (Å²) in [5.41, 5.74) is 2.52. The van der Waals surface area contributed by atoms with Crippen LogP contribution in [0.1, 0.15) is 21.5 Å². The minimum absolute atomic E-state index is 0.244. The van der Waals surface area contributed by atoms with Gasteiger partial charge in [-0.3, -0.25) is 4.79 Å². The highest BCUT2D eigenvalue weighted by Gasteiger charge is 2.23. The van der Waals surface area contributed by atoms with Crippen molar-refractivity contribution >= 4 is 17.1 Å². The lowest BCUT2D eigenvalue weighted by atomic mass is 9.96. The fourth-order valence-corrected chi connectivity index (χ4v) is 4.09. The molecule has 0 N–H and O–H groups in total. The van der Waals surface area contributed by atoms with E-state index in [2.05, 4.69) is 0 Å². The Bertz CT molecular complexity index is 1340. The number of carbonyl (C=O) groups excluding carboxylic acids is 1. The summed E-state index contributed by atoms with van der Waals surface area (Å²) in [5, 5.41) is 0.